The van der Waals surface area contributed by atoms with Gasteiger partial charge in [0, 0.05) is 12.5 Å². The number of amides is 2. The minimum atomic E-state index is -5.10. The molecule has 0 saturated heterocycles. The average molecular weight is 450 g/mol. The number of halogens is 3. The molecule has 0 heterocycles. The lowest BCUT2D eigenvalue weighted by atomic mass is 9.98. The SMILES string of the molecule is CC(CNC(=O)C(NC(=O)OCC1c2ccccc2-c2ccccc21)C(F)(F)F)C(=O)O. The molecular weight excluding hydrogens is 429 g/mol. The zero-order chi connectivity index (χ0) is 23.5. The van der Waals surface area contributed by atoms with Crippen molar-refractivity contribution in [3.8, 4) is 11.1 Å². The number of alkyl carbamates (subject to hydrolysis) is 1. The molecule has 0 aromatic heterocycles. The summed E-state index contributed by atoms with van der Waals surface area (Å²) < 4.78 is 45.0. The van der Waals surface area contributed by atoms with Gasteiger partial charge in [-0.25, -0.2) is 4.79 Å². The Kier molecular flexibility index (Phi) is 6.71. The molecule has 0 saturated carbocycles. The van der Waals surface area contributed by atoms with Gasteiger partial charge < -0.3 is 20.5 Å². The summed E-state index contributed by atoms with van der Waals surface area (Å²) in [6, 6.07) is 12.0. The number of hydrogen-bond donors (Lipinski definition) is 3. The molecule has 0 radical (unpaired) electrons. The van der Waals surface area contributed by atoms with Crippen LogP contribution >= 0.6 is 0 Å². The van der Waals surface area contributed by atoms with Crippen LogP contribution in [0.3, 0.4) is 0 Å². The van der Waals surface area contributed by atoms with E-state index >= 15 is 0 Å². The molecule has 0 bridgehead atoms. The van der Waals surface area contributed by atoms with Gasteiger partial charge >= 0.3 is 18.2 Å². The lowest BCUT2D eigenvalue weighted by molar-refractivity contribution is -0.167. The van der Waals surface area contributed by atoms with E-state index in [1.165, 1.54) is 12.2 Å². The zero-order valence-corrected chi connectivity index (χ0v) is 17.0. The predicted molar refractivity (Wildman–Crippen MR) is 108 cm³/mol. The second-order valence-corrected chi connectivity index (χ2v) is 7.43. The predicted octanol–water partition coefficient (Wildman–Crippen LogP) is 3.29. The van der Waals surface area contributed by atoms with Gasteiger partial charge in [0.1, 0.15) is 6.61 Å². The van der Waals surface area contributed by atoms with Crippen molar-refractivity contribution in [1.82, 2.24) is 10.6 Å². The van der Waals surface area contributed by atoms with Gasteiger partial charge in [0.25, 0.3) is 5.91 Å². The molecule has 2 amide bonds. The Morgan fingerprint density at radius 2 is 1.56 bits per heavy atom. The van der Waals surface area contributed by atoms with Crippen LogP contribution in [0.25, 0.3) is 11.1 Å². The molecule has 3 N–H and O–H groups in total. The normalized spacial score (nSPS) is 14.6. The van der Waals surface area contributed by atoms with Crippen molar-refractivity contribution in [3.63, 3.8) is 0 Å². The molecule has 2 aromatic carbocycles. The molecule has 0 fully saturated rings. The van der Waals surface area contributed by atoms with Crippen LogP contribution in [0, 0.1) is 5.92 Å². The number of carbonyl (C=O) groups excluding carboxylic acids is 2. The summed E-state index contributed by atoms with van der Waals surface area (Å²) in [6.07, 6.45) is -6.50. The molecule has 1 aliphatic carbocycles. The first-order valence-electron chi connectivity index (χ1n) is 9.78. The highest BCUT2D eigenvalue weighted by Crippen LogP contribution is 2.44. The lowest BCUT2D eigenvalue weighted by Gasteiger charge is -2.22. The van der Waals surface area contributed by atoms with Gasteiger partial charge in [-0.2, -0.15) is 13.2 Å². The van der Waals surface area contributed by atoms with E-state index in [1.54, 1.807) is 0 Å². The Hall–Kier alpha value is -3.56. The second kappa shape index (κ2) is 9.29. The maximum atomic E-state index is 13.3. The molecular formula is C22H21F3N2O5. The number of carboxylic acids is 1. The van der Waals surface area contributed by atoms with Crippen LogP contribution in [0.1, 0.15) is 24.0 Å². The van der Waals surface area contributed by atoms with Crippen LogP contribution in [0.15, 0.2) is 48.5 Å². The van der Waals surface area contributed by atoms with Crippen molar-refractivity contribution in [2.24, 2.45) is 5.92 Å². The number of alkyl halides is 3. The Labute approximate surface area is 181 Å². The summed E-state index contributed by atoms with van der Waals surface area (Å²) in [4.78, 5) is 34.8. The van der Waals surface area contributed by atoms with Crippen LogP contribution in [0.2, 0.25) is 0 Å². The lowest BCUT2D eigenvalue weighted by Crippen LogP contribution is -2.55. The van der Waals surface area contributed by atoms with E-state index in [0.29, 0.717) is 0 Å². The second-order valence-electron chi connectivity index (χ2n) is 7.43. The van der Waals surface area contributed by atoms with Gasteiger partial charge in [-0.05, 0) is 22.3 Å². The number of carbonyl (C=O) groups is 3. The number of hydrogen-bond acceptors (Lipinski definition) is 4. The molecule has 2 atom stereocenters. The summed E-state index contributed by atoms with van der Waals surface area (Å²) in [6.45, 7) is 0.486. The number of aliphatic carboxylic acids is 1. The van der Waals surface area contributed by atoms with E-state index < -0.39 is 42.7 Å². The molecule has 0 spiro atoms. The van der Waals surface area contributed by atoms with E-state index in [4.69, 9.17) is 9.84 Å². The van der Waals surface area contributed by atoms with E-state index in [0.717, 1.165) is 22.3 Å². The van der Waals surface area contributed by atoms with Gasteiger partial charge in [0.15, 0.2) is 0 Å². The van der Waals surface area contributed by atoms with Crippen LogP contribution in [-0.4, -0.2) is 48.4 Å². The third kappa shape index (κ3) is 5.01. The first-order chi connectivity index (χ1) is 15.1. The van der Waals surface area contributed by atoms with Crippen molar-refractivity contribution >= 4 is 18.0 Å². The van der Waals surface area contributed by atoms with Crippen LogP contribution in [0.5, 0.6) is 0 Å². The quantitative estimate of drug-likeness (QED) is 0.601. The molecule has 10 heteroatoms. The molecule has 0 aliphatic heterocycles. The fourth-order valence-electron chi connectivity index (χ4n) is 3.50. The number of fused-ring (bicyclic) bond motifs is 3. The van der Waals surface area contributed by atoms with E-state index in [9.17, 15) is 27.6 Å². The van der Waals surface area contributed by atoms with Crippen molar-refractivity contribution in [2.45, 2.75) is 25.1 Å². The van der Waals surface area contributed by atoms with Crippen molar-refractivity contribution < 1.29 is 37.4 Å². The van der Waals surface area contributed by atoms with Crippen molar-refractivity contribution in [2.75, 3.05) is 13.2 Å². The number of nitrogens with one attached hydrogen (secondary N) is 2. The fraction of sp³-hybridized carbons (Fsp3) is 0.318. The number of ether oxygens (including phenoxy) is 1. The van der Waals surface area contributed by atoms with Gasteiger partial charge in [-0.1, -0.05) is 55.5 Å². The molecule has 170 valence electrons. The first-order valence-corrected chi connectivity index (χ1v) is 9.78. The maximum Gasteiger partial charge on any atom is 0.417 e. The molecule has 3 rings (SSSR count). The van der Waals surface area contributed by atoms with Gasteiger partial charge in [-0.15, -0.1) is 0 Å². The van der Waals surface area contributed by atoms with Gasteiger partial charge in [0.05, 0.1) is 5.92 Å². The smallest absolute Gasteiger partial charge is 0.417 e. The maximum absolute atomic E-state index is 13.3. The Bertz CT molecular complexity index is 979. The summed E-state index contributed by atoms with van der Waals surface area (Å²) in [5.74, 6) is -4.30. The molecule has 32 heavy (non-hydrogen) atoms. The summed E-state index contributed by atoms with van der Waals surface area (Å²) in [5, 5.41) is 12.2. The Balaban J connectivity index is 1.66. The topological polar surface area (TPSA) is 105 Å². The summed E-state index contributed by atoms with van der Waals surface area (Å²) in [7, 11) is 0. The van der Waals surface area contributed by atoms with E-state index in [1.807, 2.05) is 53.8 Å². The minimum Gasteiger partial charge on any atom is -0.481 e. The number of carboxylic acid groups (broad SMARTS) is 1. The third-order valence-corrected chi connectivity index (χ3v) is 5.20. The number of benzene rings is 2. The highest BCUT2D eigenvalue weighted by atomic mass is 19.4. The first kappa shape index (κ1) is 23.1. The van der Waals surface area contributed by atoms with Crippen molar-refractivity contribution in [3.05, 3.63) is 59.7 Å². The minimum absolute atomic E-state index is 0.220. The molecule has 2 aromatic rings. The van der Waals surface area contributed by atoms with E-state index in [2.05, 4.69) is 0 Å². The standard InChI is InChI=1S/C22H21F3N2O5/c1-12(20(29)30)10-26-19(28)18(22(23,24)25)27-21(31)32-11-17-15-8-4-2-6-13(15)14-7-3-5-9-16(14)17/h2-9,12,17-18H,10-11H2,1H3,(H,26,28)(H,27,31)(H,29,30). The zero-order valence-electron chi connectivity index (χ0n) is 17.0. The monoisotopic (exact) mass is 450 g/mol. The van der Waals surface area contributed by atoms with Gasteiger partial charge in [0.2, 0.25) is 6.04 Å². The van der Waals surface area contributed by atoms with Crippen molar-refractivity contribution in [1.29, 1.82) is 0 Å². The summed E-state index contributed by atoms with van der Waals surface area (Å²) >= 11 is 0. The van der Waals surface area contributed by atoms with Crippen LogP contribution in [-0.2, 0) is 14.3 Å². The fourth-order valence-corrected chi connectivity index (χ4v) is 3.50. The van der Waals surface area contributed by atoms with Crippen LogP contribution in [0.4, 0.5) is 18.0 Å². The largest absolute Gasteiger partial charge is 0.481 e. The molecule has 2 unspecified atom stereocenters. The van der Waals surface area contributed by atoms with Gasteiger partial charge in [-0.3, -0.25) is 9.59 Å². The third-order valence-electron chi connectivity index (χ3n) is 5.20. The van der Waals surface area contributed by atoms with Crippen LogP contribution < -0.4 is 10.6 Å². The number of rotatable bonds is 7. The highest BCUT2D eigenvalue weighted by molar-refractivity contribution is 5.87. The highest BCUT2D eigenvalue weighted by Gasteiger charge is 2.46. The Morgan fingerprint density at radius 3 is 2.06 bits per heavy atom. The molecule has 1 aliphatic rings. The van der Waals surface area contributed by atoms with E-state index in [-0.39, 0.29) is 12.5 Å². The Morgan fingerprint density at radius 1 is 1.03 bits per heavy atom. The average Bonchev–Trinajstić information content (AvgIpc) is 3.07. The molecule has 7 nitrogen and oxygen atoms in total. The summed E-state index contributed by atoms with van der Waals surface area (Å²) in [5.41, 5.74) is 3.68.